The maximum absolute atomic E-state index is 11.8. The van der Waals surface area contributed by atoms with Gasteiger partial charge in [-0.2, -0.15) is 0 Å². The predicted molar refractivity (Wildman–Crippen MR) is 88.3 cm³/mol. The van der Waals surface area contributed by atoms with E-state index in [2.05, 4.69) is 28.6 Å². The molecule has 1 atom stereocenters. The molecular formula is C16H26N2O3S. The van der Waals surface area contributed by atoms with Crippen LogP contribution in [0.4, 0.5) is 0 Å². The number of carbonyl (C=O) groups excluding carboxylic acids is 1. The molecule has 1 aliphatic heterocycles. The van der Waals surface area contributed by atoms with Crippen molar-refractivity contribution >= 4 is 17.2 Å². The van der Waals surface area contributed by atoms with Gasteiger partial charge in [0.2, 0.25) is 5.91 Å². The van der Waals surface area contributed by atoms with Gasteiger partial charge in [0, 0.05) is 37.5 Å². The van der Waals surface area contributed by atoms with Crippen molar-refractivity contribution < 1.29 is 14.6 Å². The molecule has 2 N–H and O–H groups in total. The van der Waals surface area contributed by atoms with E-state index in [-0.39, 0.29) is 5.91 Å². The lowest BCUT2D eigenvalue weighted by molar-refractivity contribution is -0.121. The van der Waals surface area contributed by atoms with E-state index in [0.29, 0.717) is 19.5 Å². The molecule has 2 rings (SSSR count). The summed E-state index contributed by atoms with van der Waals surface area (Å²) in [5, 5.41) is 14.9. The first kappa shape index (κ1) is 17.4. The smallest absolute Gasteiger partial charge is 0.220 e. The molecule has 0 bridgehead atoms. The van der Waals surface area contributed by atoms with Crippen molar-refractivity contribution in [1.29, 1.82) is 0 Å². The third-order valence-corrected chi connectivity index (χ3v) is 4.97. The molecule has 1 aliphatic rings. The average Bonchev–Trinajstić information content (AvgIpc) is 2.92. The molecule has 0 aromatic carbocycles. The van der Waals surface area contributed by atoms with E-state index in [1.54, 1.807) is 11.3 Å². The first-order valence-electron chi connectivity index (χ1n) is 7.93. The van der Waals surface area contributed by atoms with Gasteiger partial charge in [0.1, 0.15) is 0 Å². The summed E-state index contributed by atoms with van der Waals surface area (Å²) in [4.78, 5) is 15.3. The number of amides is 1. The number of morpholine rings is 1. The summed E-state index contributed by atoms with van der Waals surface area (Å²) in [7, 11) is 0. The summed E-state index contributed by atoms with van der Waals surface area (Å²) in [6, 6.07) is 2.11. The standard InChI is InChI=1S/C16H26N2O3S/c1-13-5-10-22-15(13)3-2-4-16(20)17-11-14(19)12-18-6-8-21-9-7-18/h5,10,14,19H,2-4,6-9,11-12H2,1H3,(H,17,20). The highest BCUT2D eigenvalue weighted by molar-refractivity contribution is 7.10. The Morgan fingerprint density at radius 2 is 2.27 bits per heavy atom. The van der Waals surface area contributed by atoms with Gasteiger partial charge in [-0.15, -0.1) is 11.3 Å². The van der Waals surface area contributed by atoms with Crippen molar-refractivity contribution in [2.24, 2.45) is 0 Å². The molecule has 0 aliphatic carbocycles. The number of aliphatic hydroxyl groups is 1. The SMILES string of the molecule is Cc1ccsc1CCCC(=O)NCC(O)CN1CCOCC1. The van der Waals surface area contributed by atoms with Crippen LogP contribution in [-0.4, -0.2) is 61.4 Å². The Hall–Kier alpha value is -0.950. The number of rotatable bonds is 8. The number of β-amino-alcohol motifs (C(OH)–C–C–N with tert-alkyl or cyclic N) is 1. The summed E-state index contributed by atoms with van der Waals surface area (Å²) < 4.78 is 5.27. The number of carbonyl (C=O) groups is 1. The van der Waals surface area contributed by atoms with Gasteiger partial charge < -0.3 is 15.2 Å². The fraction of sp³-hybridized carbons (Fsp3) is 0.688. The minimum Gasteiger partial charge on any atom is -0.390 e. The van der Waals surface area contributed by atoms with Crippen LogP contribution >= 0.6 is 11.3 Å². The minimum absolute atomic E-state index is 0.0234. The number of nitrogens with one attached hydrogen (secondary N) is 1. The van der Waals surface area contributed by atoms with Gasteiger partial charge >= 0.3 is 0 Å². The molecule has 1 amide bonds. The highest BCUT2D eigenvalue weighted by Crippen LogP contribution is 2.17. The lowest BCUT2D eigenvalue weighted by Gasteiger charge is -2.28. The summed E-state index contributed by atoms with van der Waals surface area (Å²) >= 11 is 1.75. The number of nitrogens with zero attached hydrogens (tertiary/aromatic N) is 1. The van der Waals surface area contributed by atoms with E-state index in [4.69, 9.17) is 4.74 Å². The largest absolute Gasteiger partial charge is 0.390 e. The fourth-order valence-corrected chi connectivity index (χ4v) is 3.49. The Morgan fingerprint density at radius 1 is 1.50 bits per heavy atom. The number of aliphatic hydroxyl groups excluding tert-OH is 1. The number of thiophene rings is 1. The Kier molecular flexibility index (Phi) is 7.32. The van der Waals surface area contributed by atoms with Crippen molar-refractivity contribution in [3.63, 3.8) is 0 Å². The molecule has 0 radical (unpaired) electrons. The van der Waals surface area contributed by atoms with Gasteiger partial charge in [-0.3, -0.25) is 9.69 Å². The summed E-state index contributed by atoms with van der Waals surface area (Å²) in [5.74, 6) is 0.0234. The van der Waals surface area contributed by atoms with E-state index in [1.165, 1.54) is 10.4 Å². The van der Waals surface area contributed by atoms with Crippen LogP contribution in [0.2, 0.25) is 0 Å². The van der Waals surface area contributed by atoms with Crippen molar-refractivity contribution in [2.45, 2.75) is 32.3 Å². The Bertz CT molecular complexity index is 458. The maximum atomic E-state index is 11.8. The molecule has 1 saturated heterocycles. The second-order valence-corrected chi connectivity index (χ2v) is 6.75. The number of aryl methyl sites for hydroxylation is 2. The van der Waals surface area contributed by atoms with Gasteiger partial charge in [-0.05, 0) is 36.8 Å². The second-order valence-electron chi connectivity index (χ2n) is 5.75. The summed E-state index contributed by atoms with van der Waals surface area (Å²) in [6.45, 7) is 6.18. The third kappa shape index (κ3) is 6.04. The van der Waals surface area contributed by atoms with Gasteiger partial charge in [-0.1, -0.05) is 0 Å². The van der Waals surface area contributed by atoms with Crippen LogP contribution in [0.5, 0.6) is 0 Å². The quantitative estimate of drug-likeness (QED) is 0.753. The molecule has 1 fully saturated rings. The molecule has 0 spiro atoms. The van der Waals surface area contributed by atoms with Gasteiger partial charge in [0.05, 0.1) is 19.3 Å². The fourth-order valence-electron chi connectivity index (χ4n) is 2.54. The van der Waals surface area contributed by atoms with E-state index >= 15 is 0 Å². The van der Waals surface area contributed by atoms with Crippen LogP contribution in [0, 0.1) is 6.92 Å². The molecule has 5 nitrogen and oxygen atoms in total. The van der Waals surface area contributed by atoms with Crippen LogP contribution in [0.1, 0.15) is 23.3 Å². The van der Waals surface area contributed by atoms with E-state index in [1.807, 2.05) is 0 Å². The Balaban J connectivity index is 1.55. The molecule has 1 unspecified atom stereocenters. The Labute approximate surface area is 136 Å². The van der Waals surface area contributed by atoms with E-state index in [0.717, 1.165) is 39.1 Å². The van der Waals surface area contributed by atoms with Gasteiger partial charge in [0.15, 0.2) is 0 Å². The zero-order valence-electron chi connectivity index (χ0n) is 13.2. The topological polar surface area (TPSA) is 61.8 Å². The molecule has 0 saturated carbocycles. The van der Waals surface area contributed by atoms with Crippen molar-refractivity contribution in [3.05, 3.63) is 21.9 Å². The minimum atomic E-state index is -0.512. The first-order chi connectivity index (χ1) is 10.6. The lowest BCUT2D eigenvalue weighted by atomic mass is 10.1. The van der Waals surface area contributed by atoms with Gasteiger partial charge in [-0.25, -0.2) is 0 Å². The number of hydrogen-bond donors (Lipinski definition) is 2. The van der Waals surface area contributed by atoms with Crippen LogP contribution < -0.4 is 5.32 Å². The predicted octanol–water partition coefficient (Wildman–Crippen LogP) is 1.19. The molecular weight excluding hydrogens is 300 g/mol. The zero-order valence-corrected chi connectivity index (χ0v) is 14.0. The molecule has 22 heavy (non-hydrogen) atoms. The second kappa shape index (κ2) is 9.25. The maximum Gasteiger partial charge on any atom is 0.220 e. The first-order valence-corrected chi connectivity index (χ1v) is 8.81. The van der Waals surface area contributed by atoms with Crippen molar-refractivity contribution in [2.75, 3.05) is 39.4 Å². The summed E-state index contributed by atoms with van der Waals surface area (Å²) in [5.41, 5.74) is 1.31. The van der Waals surface area contributed by atoms with Gasteiger partial charge in [0.25, 0.3) is 0 Å². The third-order valence-electron chi connectivity index (χ3n) is 3.88. The molecule has 124 valence electrons. The monoisotopic (exact) mass is 326 g/mol. The van der Waals surface area contributed by atoms with Crippen LogP contribution in [0.15, 0.2) is 11.4 Å². The highest BCUT2D eigenvalue weighted by atomic mass is 32.1. The van der Waals surface area contributed by atoms with Crippen LogP contribution in [-0.2, 0) is 16.0 Å². The molecule has 6 heteroatoms. The zero-order chi connectivity index (χ0) is 15.8. The van der Waals surface area contributed by atoms with Crippen molar-refractivity contribution in [3.8, 4) is 0 Å². The highest BCUT2D eigenvalue weighted by Gasteiger charge is 2.15. The molecule has 1 aromatic heterocycles. The summed E-state index contributed by atoms with van der Waals surface area (Å²) in [6.07, 6.45) is 1.81. The lowest BCUT2D eigenvalue weighted by Crippen LogP contribution is -2.44. The average molecular weight is 326 g/mol. The van der Waals surface area contributed by atoms with Crippen molar-refractivity contribution in [1.82, 2.24) is 10.2 Å². The molecule has 1 aromatic rings. The number of hydrogen-bond acceptors (Lipinski definition) is 5. The normalized spacial score (nSPS) is 17.4. The molecule has 2 heterocycles. The van der Waals surface area contributed by atoms with E-state index < -0.39 is 6.10 Å². The number of ether oxygens (including phenoxy) is 1. The van der Waals surface area contributed by atoms with Crippen LogP contribution in [0.3, 0.4) is 0 Å². The van der Waals surface area contributed by atoms with Crippen LogP contribution in [0.25, 0.3) is 0 Å². The van der Waals surface area contributed by atoms with E-state index in [9.17, 15) is 9.90 Å². The Morgan fingerprint density at radius 3 is 2.95 bits per heavy atom.